The van der Waals surface area contributed by atoms with Crippen LogP contribution in [0.1, 0.15) is 23.6 Å². The van der Waals surface area contributed by atoms with Crippen molar-refractivity contribution in [2.75, 3.05) is 14.2 Å². The highest BCUT2D eigenvalue weighted by molar-refractivity contribution is 7.52. The zero-order chi connectivity index (χ0) is 14.6. The maximum absolute atomic E-state index is 12.2. The molecule has 0 unspecified atom stereocenters. The highest BCUT2D eigenvalue weighted by atomic mass is 31.2. The highest BCUT2D eigenvalue weighted by Gasteiger charge is 2.25. The van der Waals surface area contributed by atoms with Gasteiger partial charge in [0.15, 0.2) is 0 Å². The fourth-order valence-electron chi connectivity index (χ4n) is 1.80. The molecule has 0 atom stereocenters. The Labute approximate surface area is 113 Å². The Bertz CT molecular complexity index is 516. The summed E-state index contributed by atoms with van der Waals surface area (Å²) in [4.78, 5) is 11.1. The summed E-state index contributed by atoms with van der Waals surface area (Å²) in [5, 5.41) is 0. The van der Waals surface area contributed by atoms with E-state index in [2.05, 4.69) is 0 Å². The maximum Gasteiger partial charge on any atom is 0.334 e. The number of benzene rings is 1. The van der Waals surface area contributed by atoms with E-state index in [-0.39, 0.29) is 6.16 Å². The van der Waals surface area contributed by atoms with Crippen molar-refractivity contribution in [3.05, 3.63) is 28.8 Å². The number of ether oxygens (including phenoxy) is 1. The SMILES string of the molecule is COP(=O)(Cc1c(C)cc(C)cc1OC(C)=O)OC. The summed E-state index contributed by atoms with van der Waals surface area (Å²) >= 11 is 0. The van der Waals surface area contributed by atoms with Crippen LogP contribution in [0.5, 0.6) is 5.75 Å². The number of rotatable bonds is 5. The molecule has 0 aliphatic heterocycles. The molecule has 0 amide bonds. The van der Waals surface area contributed by atoms with Crippen molar-refractivity contribution in [3.63, 3.8) is 0 Å². The van der Waals surface area contributed by atoms with Gasteiger partial charge in [0.05, 0.1) is 6.16 Å². The van der Waals surface area contributed by atoms with Crippen LogP contribution in [0.3, 0.4) is 0 Å². The van der Waals surface area contributed by atoms with Crippen molar-refractivity contribution in [3.8, 4) is 5.75 Å². The van der Waals surface area contributed by atoms with Gasteiger partial charge in [0.1, 0.15) is 5.75 Å². The Morgan fingerprint density at radius 2 is 1.79 bits per heavy atom. The predicted octanol–water partition coefficient (Wildman–Crippen LogP) is 3.21. The molecule has 0 N–H and O–H groups in total. The molecular formula is C13H19O5P. The van der Waals surface area contributed by atoms with Gasteiger partial charge in [0.25, 0.3) is 0 Å². The predicted molar refractivity (Wildman–Crippen MR) is 72.6 cm³/mol. The number of carbonyl (C=O) groups is 1. The third-order valence-corrected chi connectivity index (χ3v) is 4.55. The van der Waals surface area contributed by atoms with Gasteiger partial charge in [-0.25, -0.2) is 0 Å². The second-order valence-electron chi connectivity index (χ2n) is 4.29. The van der Waals surface area contributed by atoms with E-state index in [1.807, 2.05) is 19.9 Å². The topological polar surface area (TPSA) is 61.8 Å². The third kappa shape index (κ3) is 4.16. The zero-order valence-electron chi connectivity index (χ0n) is 11.9. The van der Waals surface area contributed by atoms with E-state index in [0.717, 1.165) is 11.1 Å². The largest absolute Gasteiger partial charge is 0.426 e. The van der Waals surface area contributed by atoms with Crippen LogP contribution in [0.25, 0.3) is 0 Å². The van der Waals surface area contributed by atoms with E-state index in [0.29, 0.717) is 11.3 Å². The molecule has 0 saturated carbocycles. The van der Waals surface area contributed by atoms with Crippen LogP contribution in [-0.2, 0) is 24.6 Å². The van der Waals surface area contributed by atoms with Crippen LogP contribution >= 0.6 is 7.60 Å². The fourth-order valence-corrected chi connectivity index (χ4v) is 3.00. The first kappa shape index (κ1) is 15.9. The van der Waals surface area contributed by atoms with Crippen LogP contribution in [0.2, 0.25) is 0 Å². The zero-order valence-corrected chi connectivity index (χ0v) is 12.7. The molecule has 0 spiro atoms. The molecule has 1 aromatic rings. The van der Waals surface area contributed by atoms with Gasteiger partial charge >= 0.3 is 13.6 Å². The fraction of sp³-hybridized carbons (Fsp3) is 0.462. The van der Waals surface area contributed by atoms with Gasteiger partial charge in [-0.3, -0.25) is 9.36 Å². The minimum atomic E-state index is -3.21. The molecule has 0 heterocycles. The smallest absolute Gasteiger partial charge is 0.334 e. The number of carbonyl (C=O) groups excluding carboxylic acids is 1. The molecule has 1 rings (SSSR count). The van der Waals surface area contributed by atoms with E-state index in [9.17, 15) is 9.36 Å². The van der Waals surface area contributed by atoms with Crippen LogP contribution in [-0.4, -0.2) is 20.2 Å². The molecule has 0 bridgehead atoms. The molecule has 0 aliphatic rings. The summed E-state index contributed by atoms with van der Waals surface area (Å²) in [6, 6.07) is 3.66. The van der Waals surface area contributed by atoms with Crippen LogP contribution in [0, 0.1) is 13.8 Å². The Morgan fingerprint density at radius 3 is 2.26 bits per heavy atom. The Morgan fingerprint density at radius 1 is 1.21 bits per heavy atom. The van der Waals surface area contributed by atoms with Gasteiger partial charge in [-0.05, 0) is 31.0 Å². The third-order valence-electron chi connectivity index (χ3n) is 2.74. The van der Waals surface area contributed by atoms with Crippen molar-refractivity contribution < 1.29 is 23.1 Å². The van der Waals surface area contributed by atoms with Crippen LogP contribution in [0.15, 0.2) is 12.1 Å². The molecule has 1 aromatic carbocycles. The van der Waals surface area contributed by atoms with Gasteiger partial charge < -0.3 is 13.8 Å². The van der Waals surface area contributed by atoms with E-state index in [1.165, 1.54) is 21.1 Å². The molecule has 19 heavy (non-hydrogen) atoms. The molecule has 0 saturated heterocycles. The van der Waals surface area contributed by atoms with Crippen LogP contribution in [0.4, 0.5) is 0 Å². The van der Waals surface area contributed by atoms with Gasteiger partial charge in [-0.15, -0.1) is 0 Å². The van der Waals surface area contributed by atoms with Crippen molar-refractivity contribution >= 4 is 13.6 Å². The summed E-state index contributed by atoms with van der Waals surface area (Å²) in [5.74, 6) is -0.0183. The number of aryl methyl sites for hydroxylation is 2. The number of esters is 1. The Hall–Kier alpha value is -1.16. The summed E-state index contributed by atoms with van der Waals surface area (Å²) in [6.45, 7) is 5.09. The second kappa shape index (κ2) is 6.33. The lowest BCUT2D eigenvalue weighted by atomic mass is 10.1. The summed E-state index contributed by atoms with van der Waals surface area (Å²) < 4.78 is 27.2. The van der Waals surface area contributed by atoms with E-state index >= 15 is 0 Å². The Kier molecular flexibility index (Phi) is 5.29. The molecule has 0 aromatic heterocycles. The second-order valence-corrected chi connectivity index (χ2v) is 6.55. The number of hydrogen-bond donors (Lipinski definition) is 0. The van der Waals surface area contributed by atoms with Crippen molar-refractivity contribution in [1.82, 2.24) is 0 Å². The van der Waals surface area contributed by atoms with Gasteiger partial charge in [0.2, 0.25) is 0 Å². The molecule has 106 valence electrons. The summed E-state index contributed by atoms with van der Waals surface area (Å²) in [5.41, 5.74) is 2.50. The lowest BCUT2D eigenvalue weighted by Crippen LogP contribution is -2.06. The maximum atomic E-state index is 12.2. The summed E-state index contributed by atoms with van der Waals surface area (Å²) in [7, 11) is -0.541. The first-order chi connectivity index (χ1) is 8.81. The minimum Gasteiger partial charge on any atom is -0.426 e. The van der Waals surface area contributed by atoms with Gasteiger partial charge in [-0.2, -0.15) is 0 Å². The van der Waals surface area contributed by atoms with Crippen molar-refractivity contribution in [2.45, 2.75) is 26.9 Å². The Balaban J connectivity index is 3.24. The lowest BCUT2D eigenvalue weighted by molar-refractivity contribution is -0.131. The molecule has 0 aliphatic carbocycles. The van der Waals surface area contributed by atoms with Crippen molar-refractivity contribution in [2.24, 2.45) is 0 Å². The molecule has 5 nitrogen and oxygen atoms in total. The molecule has 0 fully saturated rings. The quantitative estimate of drug-likeness (QED) is 0.472. The average molecular weight is 286 g/mol. The monoisotopic (exact) mass is 286 g/mol. The first-order valence-corrected chi connectivity index (χ1v) is 7.53. The first-order valence-electron chi connectivity index (χ1n) is 5.80. The standard InChI is InChI=1S/C13H19O5P/c1-9-6-10(2)12(8-19(15,16-4)17-5)13(7-9)18-11(3)14/h6-7H,8H2,1-5H3. The highest BCUT2D eigenvalue weighted by Crippen LogP contribution is 2.51. The molecule has 6 heteroatoms. The molecular weight excluding hydrogens is 267 g/mol. The van der Waals surface area contributed by atoms with Crippen molar-refractivity contribution in [1.29, 1.82) is 0 Å². The van der Waals surface area contributed by atoms with E-state index in [4.69, 9.17) is 13.8 Å². The van der Waals surface area contributed by atoms with Crippen LogP contribution < -0.4 is 4.74 Å². The minimum absolute atomic E-state index is 0.0642. The van der Waals surface area contributed by atoms with Gasteiger partial charge in [-0.1, -0.05) is 6.07 Å². The van der Waals surface area contributed by atoms with Gasteiger partial charge in [0, 0.05) is 26.7 Å². The summed E-state index contributed by atoms with van der Waals surface area (Å²) in [6.07, 6.45) is 0.0642. The number of hydrogen-bond acceptors (Lipinski definition) is 5. The average Bonchev–Trinajstić information content (AvgIpc) is 2.32. The van der Waals surface area contributed by atoms with E-state index < -0.39 is 13.6 Å². The normalized spacial score (nSPS) is 11.4. The molecule has 0 radical (unpaired) electrons. The lowest BCUT2D eigenvalue weighted by Gasteiger charge is -2.18. The van der Waals surface area contributed by atoms with E-state index in [1.54, 1.807) is 6.07 Å².